The summed E-state index contributed by atoms with van der Waals surface area (Å²) in [5.41, 5.74) is 1.01. The molecule has 6 nitrogen and oxygen atoms in total. The van der Waals surface area contributed by atoms with E-state index in [1.807, 2.05) is 35.2 Å². The minimum absolute atomic E-state index is 0.00587. The zero-order valence-electron chi connectivity index (χ0n) is 16.3. The second-order valence-electron chi connectivity index (χ2n) is 8.53. The SMILES string of the molecule is O=C(CC1CC1)N1CC2(C1)[C@H](c1ccccc1)[C@H](CO)N2C(=O)c1ccccn1. The third-order valence-corrected chi connectivity index (χ3v) is 6.67. The van der Waals surface area contributed by atoms with Crippen LogP contribution in [0.15, 0.2) is 54.7 Å². The molecule has 29 heavy (non-hydrogen) atoms. The molecular weight excluding hydrogens is 366 g/mol. The summed E-state index contributed by atoms with van der Waals surface area (Å²) >= 11 is 0. The Hall–Kier alpha value is -2.73. The number of aliphatic hydroxyl groups is 1. The van der Waals surface area contributed by atoms with Crippen molar-refractivity contribution >= 4 is 11.8 Å². The number of carbonyl (C=O) groups excluding carboxylic acids is 2. The van der Waals surface area contributed by atoms with Gasteiger partial charge in [0.1, 0.15) is 5.69 Å². The van der Waals surface area contributed by atoms with Gasteiger partial charge in [0.15, 0.2) is 0 Å². The third-order valence-electron chi connectivity index (χ3n) is 6.67. The molecular formula is C23H25N3O3. The van der Waals surface area contributed by atoms with Crippen LogP contribution in [-0.2, 0) is 4.79 Å². The van der Waals surface area contributed by atoms with Crippen molar-refractivity contribution in [3.63, 3.8) is 0 Å². The van der Waals surface area contributed by atoms with Crippen LogP contribution in [0, 0.1) is 5.92 Å². The van der Waals surface area contributed by atoms with Gasteiger partial charge in [-0.05, 0) is 36.5 Å². The number of carbonyl (C=O) groups is 2. The van der Waals surface area contributed by atoms with Crippen LogP contribution >= 0.6 is 0 Å². The van der Waals surface area contributed by atoms with Crippen molar-refractivity contribution in [2.24, 2.45) is 5.92 Å². The standard InChI is InChI=1S/C23H25N3O3/c27-13-19-21(17-6-2-1-3-7-17)23(14-25(15-23)20(28)12-16-9-10-16)26(19)22(29)18-8-4-5-11-24-18/h1-8,11,16,19,21,27H,9-10,12-15H2/t19-,21+/m0/s1. The van der Waals surface area contributed by atoms with Crippen LogP contribution < -0.4 is 0 Å². The molecule has 1 aliphatic carbocycles. The fourth-order valence-corrected chi connectivity index (χ4v) is 5.09. The number of amides is 2. The van der Waals surface area contributed by atoms with E-state index in [0.717, 1.165) is 18.4 Å². The van der Waals surface area contributed by atoms with Crippen molar-refractivity contribution in [3.8, 4) is 0 Å². The van der Waals surface area contributed by atoms with Crippen LogP contribution in [0.2, 0.25) is 0 Å². The molecule has 2 aromatic rings. The second kappa shape index (κ2) is 6.95. The smallest absolute Gasteiger partial charge is 0.273 e. The molecule has 0 unspecified atom stereocenters. The van der Waals surface area contributed by atoms with E-state index in [9.17, 15) is 14.7 Å². The van der Waals surface area contributed by atoms with Crippen molar-refractivity contribution in [2.45, 2.75) is 36.8 Å². The summed E-state index contributed by atoms with van der Waals surface area (Å²) in [6, 6.07) is 15.0. The Bertz CT molecular complexity index is 907. The number of hydrogen-bond donors (Lipinski definition) is 1. The Balaban J connectivity index is 1.45. The second-order valence-corrected chi connectivity index (χ2v) is 8.53. The highest BCUT2D eigenvalue weighted by atomic mass is 16.3. The van der Waals surface area contributed by atoms with E-state index in [4.69, 9.17) is 0 Å². The van der Waals surface area contributed by atoms with E-state index >= 15 is 0 Å². The molecule has 2 saturated heterocycles. The average Bonchev–Trinajstić information content (AvgIpc) is 3.52. The van der Waals surface area contributed by atoms with Crippen LogP contribution in [0.1, 0.15) is 41.2 Å². The number of benzene rings is 1. The van der Waals surface area contributed by atoms with E-state index in [2.05, 4.69) is 4.98 Å². The van der Waals surface area contributed by atoms with Crippen molar-refractivity contribution in [1.29, 1.82) is 0 Å². The first kappa shape index (κ1) is 18.3. The molecule has 1 aromatic carbocycles. The Labute approximate surface area is 170 Å². The van der Waals surface area contributed by atoms with Gasteiger partial charge in [-0.25, -0.2) is 0 Å². The van der Waals surface area contributed by atoms with Gasteiger partial charge in [-0.2, -0.15) is 0 Å². The summed E-state index contributed by atoms with van der Waals surface area (Å²) < 4.78 is 0. The zero-order valence-corrected chi connectivity index (χ0v) is 16.3. The molecule has 0 bridgehead atoms. The predicted octanol–water partition coefficient (Wildman–Crippen LogP) is 2.06. The van der Waals surface area contributed by atoms with E-state index in [0.29, 0.717) is 31.1 Å². The summed E-state index contributed by atoms with van der Waals surface area (Å²) in [6.07, 6.45) is 4.51. The number of nitrogens with zero attached hydrogens (tertiary/aromatic N) is 3. The number of likely N-dealkylation sites (tertiary alicyclic amines) is 2. The lowest BCUT2D eigenvalue weighted by atomic mass is 9.60. The van der Waals surface area contributed by atoms with Crippen molar-refractivity contribution in [3.05, 3.63) is 66.0 Å². The molecule has 1 spiro atoms. The largest absolute Gasteiger partial charge is 0.394 e. The summed E-state index contributed by atoms with van der Waals surface area (Å²) in [7, 11) is 0. The number of aromatic nitrogens is 1. The van der Waals surface area contributed by atoms with Gasteiger partial charge in [-0.1, -0.05) is 36.4 Å². The van der Waals surface area contributed by atoms with Crippen LogP contribution in [0.4, 0.5) is 0 Å². The number of aliphatic hydroxyl groups excluding tert-OH is 1. The quantitative estimate of drug-likeness (QED) is 0.847. The first-order valence-electron chi connectivity index (χ1n) is 10.3. The van der Waals surface area contributed by atoms with Crippen molar-refractivity contribution in [2.75, 3.05) is 19.7 Å². The van der Waals surface area contributed by atoms with Gasteiger partial charge in [-0.3, -0.25) is 14.6 Å². The first-order valence-corrected chi connectivity index (χ1v) is 10.3. The van der Waals surface area contributed by atoms with E-state index < -0.39 is 5.54 Å². The fraction of sp³-hybridized carbons (Fsp3) is 0.435. The van der Waals surface area contributed by atoms with E-state index in [-0.39, 0.29) is 30.4 Å². The van der Waals surface area contributed by atoms with Gasteiger partial charge in [0.2, 0.25) is 5.91 Å². The van der Waals surface area contributed by atoms with Crippen molar-refractivity contribution < 1.29 is 14.7 Å². The van der Waals surface area contributed by atoms with Gasteiger partial charge in [0, 0.05) is 31.6 Å². The predicted molar refractivity (Wildman–Crippen MR) is 107 cm³/mol. The molecule has 1 saturated carbocycles. The highest BCUT2D eigenvalue weighted by Crippen LogP contribution is 2.54. The Kier molecular flexibility index (Phi) is 4.39. The van der Waals surface area contributed by atoms with Crippen molar-refractivity contribution in [1.82, 2.24) is 14.8 Å². The maximum atomic E-state index is 13.3. The zero-order chi connectivity index (χ0) is 20.0. The molecule has 3 aliphatic rings. The summed E-state index contributed by atoms with van der Waals surface area (Å²) in [5.74, 6) is 0.557. The molecule has 2 aliphatic heterocycles. The molecule has 2 amide bonds. The molecule has 3 heterocycles. The Morgan fingerprint density at radius 2 is 1.79 bits per heavy atom. The maximum Gasteiger partial charge on any atom is 0.273 e. The molecule has 5 rings (SSSR count). The Morgan fingerprint density at radius 3 is 2.41 bits per heavy atom. The van der Waals surface area contributed by atoms with Gasteiger partial charge < -0.3 is 14.9 Å². The molecule has 3 fully saturated rings. The summed E-state index contributed by atoms with van der Waals surface area (Å²) in [6.45, 7) is 0.927. The third kappa shape index (κ3) is 2.94. The van der Waals surface area contributed by atoms with Gasteiger partial charge >= 0.3 is 0 Å². The Morgan fingerprint density at radius 1 is 1.07 bits per heavy atom. The fourth-order valence-electron chi connectivity index (χ4n) is 5.09. The normalized spacial score (nSPS) is 24.7. The van der Waals surface area contributed by atoms with E-state index in [1.165, 1.54) is 0 Å². The average molecular weight is 391 g/mol. The van der Waals surface area contributed by atoms with Gasteiger partial charge in [-0.15, -0.1) is 0 Å². The molecule has 0 radical (unpaired) electrons. The van der Waals surface area contributed by atoms with Crippen LogP contribution in [0.25, 0.3) is 0 Å². The lowest BCUT2D eigenvalue weighted by molar-refractivity contribution is -0.178. The van der Waals surface area contributed by atoms with E-state index in [1.54, 1.807) is 29.3 Å². The van der Waals surface area contributed by atoms with Crippen LogP contribution in [0.3, 0.4) is 0 Å². The topological polar surface area (TPSA) is 73.7 Å². The molecule has 6 heteroatoms. The first-order chi connectivity index (χ1) is 14.1. The molecule has 1 N–H and O–H groups in total. The lowest BCUT2D eigenvalue weighted by Crippen LogP contribution is -2.86. The minimum atomic E-state index is -0.470. The molecule has 150 valence electrons. The molecule has 1 aromatic heterocycles. The summed E-state index contributed by atoms with van der Waals surface area (Å²) in [4.78, 5) is 33.8. The van der Waals surface area contributed by atoms with Gasteiger partial charge in [0.05, 0.1) is 18.2 Å². The number of pyridine rings is 1. The highest BCUT2D eigenvalue weighted by Gasteiger charge is 2.68. The number of rotatable bonds is 5. The molecule has 2 atom stereocenters. The summed E-state index contributed by atoms with van der Waals surface area (Å²) in [5, 5.41) is 10.1. The number of hydrogen-bond acceptors (Lipinski definition) is 4. The monoisotopic (exact) mass is 391 g/mol. The lowest BCUT2D eigenvalue weighted by Gasteiger charge is -2.70. The van der Waals surface area contributed by atoms with Crippen LogP contribution in [0.5, 0.6) is 0 Å². The minimum Gasteiger partial charge on any atom is -0.394 e. The van der Waals surface area contributed by atoms with Crippen LogP contribution in [-0.4, -0.2) is 63.0 Å². The highest BCUT2D eigenvalue weighted by molar-refractivity contribution is 5.95. The maximum absolute atomic E-state index is 13.3. The van der Waals surface area contributed by atoms with Gasteiger partial charge in [0.25, 0.3) is 5.91 Å².